The maximum atomic E-state index is 13.7. The highest BCUT2D eigenvalue weighted by Gasteiger charge is 2.43. The van der Waals surface area contributed by atoms with Crippen molar-refractivity contribution in [2.75, 3.05) is 6.61 Å². The predicted octanol–water partition coefficient (Wildman–Crippen LogP) is 6.75. The van der Waals surface area contributed by atoms with E-state index in [2.05, 4.69) is 10.2 Å². The van der Waals surface area contributed by atoms with Crippen LogP contribution in [-0.4, -0.2) is 32.7 Å². The second kappa shape index (κ2) is 10.8. The van der Waals surface area contributed by atoms with Gasteiger partial charge in [-0.15, -0.1) is 0 Å². The number of furan rings is 1. The topological polar surface area (TPSA) is 101 Å². The van der Waals surface area contributed by atoms with Crippen molar-refractivity contribution < 1.29 is 23.8 Å². The molecule has 3 aromatic carbocycles. The number of aromatic hydroxyl groups is 1. The van der Waals surface area contributed by atoms with Gasteiger partial charge in [0.2, 0.25) is 0 Å². The van der Waals surface area contributed by atoms with Crippen molar-refractivity contribution >= 4 is 17.5 Å². The van der Waals surface area contributed by atoms with Gasteiger partial charge in [0.1, 0.15) is 29.5 Å². The zero-order valence-corrected chi connectivity index (χ0v) is 22.4. The summed E-state index contributed by atoms with van der Waals surface area (Å²) in [5.41, 5.74) is 3.67. The molecule has 0 saturated carbocycles. The van der Waals surface area contributed by atoms with E-state index in [0.717, 1.165) is 11.1 Å². The molecule has 5 aromatic rings. The van der Waals surface area contributed by atoms with Crippen LogP contribution in [0, 0.1) is 0 Å². The van der Waals surface area contributed by atoms with Crippen molar-refractivity contribution in [3.05, 3.63) is 118 Å². The number of rotatable bonds is 9. The lowest BCUT2D eigenvalue weighted by Crippen LogP contribution is -2.29. The van der Waals surface area contributed by atoms with Crippen LogP contribution in [0.4, 0.5) is 0 Å². The third kappa shape index (κ3) is 4.78. The summed E-state index contributed by atoms with van der Waals surface area (Å²) < 4.78 is 17.7. The number of ether oxygens (including phenoxy) is 2. The van der Waals surface area contributed by atoms with Gasteiger partial charge in [0.25, 0.3) is 5.91 Å². The number of carbonyl (C=O) groups is 1. The minimum atomic E-state index is -0.554. The van der Waals surface area contributed by atoms with E-state index in [1.54, 1.807) is 29.4 Å². The van der Waals surface area contributed by atoms with Crippen LogP contribution >= 0.6 is 11.6 Å². The van der Waals surface area contributed by atoms with Gasteiger partial charge in [0.15, 0.2) is 11.5 Å². The molecule has 8 nitrogen and oxygen atoms in total. The molecule has 0 fully saturated rings. The maximum Gasteiger partial charge on any atom is 0.273 e. The smallest absolute Gasteiger partial charge is 0.273 e. The average molecular weight is 556 g/mol. The Morgan fingerprint density at radius 1 is 1.02 bits per heavy atom. The van der Waals surface area contributed by atoms with Gasteiger partial charge in [-0.3, -0.25) is 9.89 Å². The van der Waals surface area contributed by atoms with Gasteiger partial charge >= 0.3 is 0 Å². The molecular formula is C31H26ClN3O5. The number of fused-ring (bicyclic) bond motifs is 1. The second-order valence-electron chi connectivity index (χ2n) is 9.35. The van der Waals surface area contributed by atoms with Crippen LogP contribution in [0.15, 0.2) is 89.5 Å². The number of nitrogens with zero attached hydrogens (tertiary/aromatic N) is 2. The summed E-state index contributed by atoms with van der Waals surface area (Å²) in [6.45, 7) is 2.96. The van der Waals surface area contributed by atoms with E-state index in [9.17, 15) is 9.90 Å². The fourth-order valence-electron chi connectivity index (χ4n) is 5.00. The quantitative estimate of drug-likeness (QED) is 0.208. The summed E-state index contributed by atoms with van der Waals surface area (Å²) >= 11 is 6.27. The highest BCUT2D eigenvalue weighted by molar-refractivity contribution is 6.31. The monoisotopic (exact) mass is 555 g/mol. The zero-order valence-electron chi connectivity index (χ0n) is 21.6. The molecule has 2 aromatic heterocycles. The Morgan fingerprint density at radius 2 is 1.88 bits per heavy atom. The number of aromatic nitrogens is 2. The van der Waals surface area contributed by atoms with Crippen LogP contribution in [0.2, 0.25) is 5.02 Å². The van der Waals surface area contributed by atoms with Gasteiger partial charge in [-0.2, -0.15) is 5.10 Å². The summed E-state index contributed by atoms with van der Waals surface area (Å²) in [7, 11) is 0. The fraction of sp³-hybridized carbons (Fsp3) is 0.161. The number of phenols is 1. The lowest BCUT2D eigenvalue weighted by molar-refractivity contribution is 0.0716. The van der Waals surface area contributed by atoms with E-state index in [-0.39, 0.29) is 18.2 Å². The fourth-order valence-corrected chi connectivity index (χ4v) is 5.17. The van der Waals surface area contributed by atoms with Crippen LogP contribution in [0.25, 0.3) is 11.3 Å². The highest BCUT2D eigenvalue weighted by atomic mass is 35.5. The minimum Gasteiger partial charge on any atom is -0.507 e. The molecule has 1 unspecified atom stereocenters. The van der Waals surface area contributed by atoms with Crippen LogP contribution in [-0.2, 0) is 13.2 Å². The second-order valence-corrected chi connectivity index (χ2v) is 9.79. The predicted molar refractivity (Wildman–Crippen MR) is 150 cm³/mol. The van der Waals surface area contributed by atoms with Crippen molar-refractivity contribution in [1.82, 2.24) is 15.1 Å². The van der Waals surface area contributed by atoms with E-state index in [0.29, 0.717) is 58.0 Å². The Labute approximate surface area is 235 Å². The summed E-state index contributed by atoms with van der Waals surface area (Å²) in [4.78, 5) is 15.4. The number of carbonyl (C=O) groups excluding carboxylic acids is 1. The number of amides is 1. The molecule has 1 aliphatic heterocycles. The summed E-state index contributed by atoms with van der Waals surface area (Å²) in [5.74, 6) is 1.56. The van der Waals surface area contributed by atoms with Gasteiger partial charge in [-0.05, 0) is 60.5 Å². The first kappa shape index (κ1) is 25.6. The molecule has 0 radical (unpaired) electrons. The van der Waals surface area contributed by atoms with Crippen molar-refractivity contribution in [3.8, 4) is 28.5 Å². The molecule has 202 valence electrons. The van der Waals surface area contributed by atoms with E-state index in [1.807, 2.05) is 61.5 Å². The Morgan fingerprint density at radius 3 is 2.65 bits per heavy atom. The van der Waals surface area contributed by atoms with Crippen LogP contribution in [0.1, 0.15) is 45.9 Å². The van der Waals surface area contributed by atoms with Crippen LogP contribution in [0.5, 0.6) is 17.2 Å². The number of nitrogens with one attached hydrogen (secondary N) is 1. The molecular weight excluding hydrogens is 530 g/mol. The first-order chi connectivity index (χ1) is 19.5. The highest BCUT2D eigenvalue weighted by Crippen LogP contribution is 2.47. The molecule has 3 heterocycles. The number of hydrogen-bond donors (Lipinski definition) is 2. The van der Waals surface area contributed by atoms with E-state index in [1.165, 1.54) is 6.07 Å². The number of H-pyrrole nitrogens is 1. The van der Waals surface area contributed by atoms with Crippen molar-refractivity contribution in [3.63, 3.8) is 0 Å². The molecule has 2 N–H and O–H groups in total. The molecule has 40 heavy (non-hydrogen) atoms. The Balaban J connectivity index is 1.44. The standard InChI is InChI=1S/C31H26ClN3O5/c1-2-38-26-15-20(10-13-25(26)40-18-19-7-4-3-5-8-19)30-27-28(23-16-21(32)11-12-24(23)36)33-34-29(27)31(37)35(30)17-22-9-6-14-39-22/h3-16,30,36H,2,17-18H2,1H3,(H,33,34). The number of phenolic OH excluding ortho intramolecular Hbond substituents is 1. The summed E-state index contributed by atoms with van der Waals surface area (Å²) in [5, 5.41) is 18.5. The number of halogens is 1. The molecule has 0 bridgehead atoms. The van der Waals surface area contributed by atoms with E-state index < -0.39 is 6.04 Å². The number of aromatic amines is 1. The number of hydrogen-bond acceptors (Lipinski definition) is 6. The Hall–Kier alpha value is -4.69. The third-order valence-electron chi connectivity index (χ3n) is 6.80. The lowest BCUT2D eigenvalue weighted by atomic mass is 9.95. The first-order valence-electron chi connectivity index (χ1n) is 12.9. The van der Waals surface area contributed by atoms with Gasteiger partial charge in [-0.25, -0.2) is 0 Å². The molecule has 6 rings (SSSR count). The largest absolute Gasteiger partial charge is 0.507 e. The summed E-state index contributed by atoms with van der Waals surface area (Å²) in [6.07, 6.45) is 1.58. The summed E-state index contributed by atoms with van der Waals surface area (Å²) in [6, 6.07) is 23.4. The van der Waals surface area contributed by atoms with Gasteiger partial charge in [0.05, 0.1) is 25.5 Å². The maximum absolute atomic E-state index is 13.7. The van der Waals surface area contributed by atoms with Crippen molar-refractivity contribution in [1.29, 1.82) is 0 Å². The van der Waals surface area contributed by atoms with Crippen molar-refractivity contribution in [2.24, 2.45) is 0 Å². The molecule has 0 aliphatic carbocycles. The zero-order chi connectivity index (χ0) is 27.6. The Kier molecular flexibility index (Phi) is 6.92. The minimum absolute atomic E-state index is 0.00838. The van der Waals surface area contributed by atoms with Gasteiger partial charge in [0, 0.05) is 16.1 Å². The number of benzene rings is 3. The van der Waals surface area contributed by atoms with Crippen LogP contribution in [0.3, 0.4) is 0 Å². The van der Waals surface area contributed by atoms with E-state index in [4.69, 9.17) is 25.5 Å². The lowest BCUT2D eigenvalue weighted by Gasteiger charge is -2.26. The molecule has 0 spiro atoms. The van der Waals surface area contributed by atoms with Gasteiger partial charge in [-0.1, -0.05) is 48.0 Å². The third-order valence-corrected chi connectivity index (χ3v) is 7.04. The normalized spacial score (nSPS) is 14.4. The first-order valence-corrected chi connectivity index (χ1v) is 13.2. The molecule has 1 amide bonds. The van der Waals surface area contributed by atoms with Crippen molar-refractivity contribution in [2.45, 2.75) is 26.1 Å². The molecule has 1 atom stereocenters. The molecule has 1 aliphatic rings. The SMILES string of the molecule is CCOc1cc(C2c3c(-c4cc(Cl)ccc4O)n[nH]c3C(=O)N2Cc2ccco2)ccc1OCc1ccccc1. The van der Waals surface area contributed by atoms with Gasteiger partial charge < -0.3 is 23.9 Å². The Bertz CT molecular complexity index is 1650. The average Bonchev–Trinajstić information content (AvgIpc) is 3.69. The van der Waals surface area contributed by atoms with Crippen LogP contribution < -0.4 is 9.47 Å². The van der Waals surface area contributed by atoms with E-state index >= 15 is 0 Å². The molecule has 0 saturated heterocycles. The molecule has 9 heteroatoms.